The van der Waals surface area contributed by atoms with Crippen molar-refractivity contribution in [1.29, 1.82) is 0 Å². The Morgan fingerprint density at radius 2 is 1.94 bits per heavy atom. The summed E-state index contributed by atoms with van der Waals surface area (Å²) < 4.78 is 15.6. The van der Waals surface area contributed by atoms with Crippen molar-refractivity contribution in [1.82, 2.24) is 0 Å². The van der Waals surface area contributed by atoms with Gasteiger partial charge in [-0.05, 0) is 13.0 Å². The van der Waals surface area contributed by atoms with E-state index in [9.17, 15) is 5.11 Å². The number of ether oxygens (including phenoxy) is 2. The average molecular weight is 251 g/mol. The summed E-state index contributed by atoms with van der Waals surface area (Å²) in [5, 5.41) is 22.8. The van der Waals surface area contributed by atoms with Gasteiger partial charge in [0.25, 0.3) is 0 Å². The smallest absolute Gasteiger partial charge is 0.205 e. The summed E-state index contributed by atoms with van der Waals surface area (Å²) in [5.74, 6) is 0.355. The molecule has 0 amide bonds. The van der Waals surface area contributed by atoms with Crippen LogP contribution in [-0.4, -0.2) is 30.2 Å². The molecule has 0 unspecified atom stereocenters. The topological polar surface area (TPSA) is 84.4 Å². The molecule has 0 bridgehead atoms. The molecule has 0 aliphatic carbocycles. The molecule has 2 aromatic rings. The number of benzene rings is 1. The predicted molar refractivity (Wildman–Crippen MR) is 65.0 cm³/mol. The van der Waals surface area contributed by atoms with Gasteiger partial charge < -0.3 is 24.2 Å². The molecular formula is C12H13NO5. The monoisotopic (exact) mass is 251 g/mol. The Morgan fingerprint density at radius 3 is 2.50 bits per heavy atom. The Morgan fingerprint density at radius 1 is 1.28 bits per heavy atom. The van der Waals surface area contributed by atoms with E-state index in [1.807, 2.05) is 0 Å². The van der Waals surface area contributed by atoms with Gasteiger partial charge >= 0.3 is 0 Å². The van der Waals surface area contributed by atoms with E-state index in [2.05, 4.69) is 5.16 Å². The third-order valence-electron chi connectivity index (χ3n) is 2.72. The first-order valence-electron chi connectivity index (χ1n) is 5.18. The van der Waals surface area contributed by atoms with Crippen molar-refractivity contribution in [2.75, 3.05) is 14.2 Å². The van der Waals surface area contributed by atoms with Crippen LogP contribution >= 0.6 is 0 Å². The van der Waals surface area contributed by atoms with Gasteiger partial charge in [0, 0.05) is 0 Å². The number of hydrogen-bond donors (Lipinski definition) is 2. The summed E-state index contributed by atoms with van der Waals surface area (Å²) in [6.45, 7) is 1.54. The minimum Gasteiger partial charge on any atom is -0.504 e. The van der Waals surface area contributed by atoms with Crippen molar-refractivity contribution in [2.24, 2.45) is 5.16 Å². The molecule has 2 N–H and O–H groups in total. The summed E-state index contributed by atoms with van der Waals surface area (Å²) in [6, 6.07) is 1.68. The number of oxime groups is 1. The molecule has 6 nitrogen and oxygen atoms in total. The van der Waals surface area contributed by atoms with Crippen LogP contribution in [0.2, 0.25) is 0 Å². The molecule has 0 spiro atoms. The van der Waals surface area contributed by atoms with Crippen LogP contribution in [-0.2, 0) is 0 Å². The number of fused-ring (bicyclic) bond motifs is 1. The number of rotatable bonds is 3. The lowest BCUT2D eigenvalue weighted by molar-refractivity contribution is 0.318. The van der Waals surface area contributed by atoms with Crippen molar-refractivity contribution in [2.45, 2.75) is 6.92 Å². The van der Waals surface area contributed by atoms with Crippen LogP contribution < -0.4 is 9.47 Å². The van der Waals surface area contributed by atoms with Crippen molar-refractivity contribution in [3.8, 4) is 17.2 Å². The van der Waals surface area contributed by atoms with Crippen LogP contribution in [0.15, 0.2) is 21.9 Å². The molecule has 0 aliphatic rings. The number of nitrogens with zero attached hydrogens (tertiary/aromatic N) is 1. The van der Waals surface area contributed by atoms with Crippen LogP contribution in [0.5, 0.6) is 17.2 Å². The Labute approximate surface area is 103 Å². The van der Waals surface area contributed by atoms with Crippen molar-refractivity contribution in [3.63, 3.8) is 0 Å². The minimum atomic E-state index is -0.188. The number of aromatic hydroxyl groups is 1. The lowest BCUT2D eigenvalue weighted by atomic mass is 10.0. The Kier molecular flexibility index (Phi) is 3.01. The fourth-order valence-electron chi connectivity index (χ4n) is 1.91. The maximum Gasteiger partial charge on any atom is 0.205 e. The highest BCUT2D eigenvalue weighted by atomic mass is 16.5. The van der Waals surface area contributed by atoms with E-state index in [0.29, 0.717) is 16.7 Å². The third-order valence-corrected chi connectivity index (χ3v) is 2.72. The van der Waals surface area contributed by atoms with Gasteiger partial charge in [0.2, 0.25) is 5.75 Å². The second kappa shape index (κ2) is 4.48. The van der Waals surface area contributed by atoms with Gasteiger partial charge in [-0.25, -0.2) is 0 Å². The molecule has 0 aliphatic heterocycles. The summed E-state index contributed by atoms with van der Waals surface area (Å²) >= 11 is 0. The summed E-state index contributed by atoms with van der Waals surface area (Å²) in [5.41, 5.74) is 0.859. The first kappa shape index (κ1) is 12.1. The van der Waals surface area contributed by atoms with Crippen molar-refractivity contribution in [3.05, 3.63) is 17.9 Å². The van der Waals surface area contributed by atoms with Crippen LogP contribution in [0.4, 0.5) is 0 Å². The number of furan rings is 1. The molecule has 0 saturated carbocycles. The second-order valence-corrected chi connectivity index (χ2v) is 3.64. The van der Waals surface area contributed by atoms with Gasteiger partial charge in [-0.1, -0.05) is 5.16 Å². The molecule has 0 atom stereocenters. The molecule has 0 fully saturated rings. The second-order valence-electron chi connectivity index (χ2n) is 3.64. The zero-order valence-electron chi connectivity index (χ0n) is 10.2. The van der Waals surface area contributed by atoms with Crippen LogP contribution in [0.1, 0.15) is 12.5 Å². The van der Waals surface area contributed by atoms with Crippen LogP contribution in [0.3, 0.4) is 0 Å². The Bertz CT molecular complexity index is 614. The lowest BCUT2D eigenvalue weighted by Crippen LogP contribution is -2.02. The van der Waals surface area contributed by atoms with Crippen LogP contribution in [0, 0.1) is 0 Å². The van der Waals surface area contributed by atoms with E-state index in [-0.39, 0.29) is 22.8 Å². The highest BCUT2D eigenvalue weighted by Crippen LogP contribution is 2.45. The number of hydrogen-bond acceptors (Lipinski definition) is 6. The van der Waals surface area contributed by atoms with Gasteiger partial charge in [-0.15, -0.1) is 0 Å². The zero-order valence-corrected chi connectivity index (χ0v) is 10.2. The van der Waals surface area contributed by atoms with Gasteiger partial charge in [-0.3, -0.25) is 0 Å². The van der Waals surface area contributed by atoms with Crippen molar-refractivity contribution >= 4 is 16.7 Å². The van der Waals surface area contributed by atoms with Gasteiger partial charge in [0.15, 0.2) is 11.3 Å². The molecule has 6 heteroatoms. The highest BCUT2D eigenvalue weighted by molar-refractivity contribution is 6.10. The first-order chi connectivity index (χ1) is 8.65. The molecule has 1 aromatic heterocycles. The largest absolute Gasteiger partial charge is 0.504 e. The van der Waals surface area contributed by atoms with E-state index in [4.69, 9.17) is 19.1 Å². The molecule has 96 valence electrons. The average Bonchev–Trinajstić information content (AvgIpc) is 2.85. The molecule has 1 aromatic carbocycles. The number of methoxy groups -OCH3 is 2. The molecule has 0 radical (unpaired) electrons. The Hall–Kier alpha value is -2.37. The van der Waals surface area contributed by atoms with E-state index in [1.54, 1.807) is 13.0 Å². The molecule has 0 saturated heterocycles. The molecular weight excluding hydrogens is 238 g/mol. The fraction of sp³-hybridized carbons (Fsp3) is 0.250. The summed E-state index contributed by atoms with van der Waals surface area (Å²) in [6.07, 6.45) is 1.46. The van der Waals surface area contributed by atoms with Crippen molar-refractivity contribution < 1.29 is 24.2 Å². The Balaban J connectivity index is 2.94. The summed E-state index contributed by atoms with van der Waals surface area (Å²) in [7, 11) is 2.88. The lowest BCUT2D eigenvalue weighted by Gasteiger charge is -2.13. The molecule has 18 heavy (non-hydrogen) atoms. The maximum atomic E-state index is 10.2. The minimum absolute atomic E-state index is 0.175. The zero-order chi connectivity index (χ0) is 13.3. The van der Waals surface area contributed by atoms with Gasteiger partial charge in [-0.2, -0.15) is 0 Å². The standard InChI is InChI=1S/C12H13NO5/c1-6(13-15)8-9(14)12(17-3)11-7(4-5-18-11)10(8)16-2/h4-5,14-15H,1-3H3. The maximum absolute atomic E-state index is 10.2. The number of phenolic OH excluding ortho intramolecular Hbond substituents is 1. The quantitative estimate of drug-likeness (QED) is 0.497. The first-order valence-corrected chi connectivity index (χ1v) is 5.18. The van der Waals surface area contributed by atoms with E-state index >= 15 is 0 Å². The summed E-state index contributed by atoms with van der Waals surface area (Å²) in [4.78, 5) is 0. The van der Waals surface area contributed by atoms with Gasteiger partial charge in [0.05, 0.1) is 37.1 Å². The van der Waals surface area contributed by atoms with E-state index in [0.717, 1.165) is 0 Å². The third kappa shape index (κ3) is 1.54. The normalized spacial score (nSPS) is 11.8. The predicted octanol–water partition coefficient (Wildman–Crippen LogP) is 2.35. The highest BCUT2D eigenvalue weighted by Gasteiger charge is 2.24. The fourth-order valence-corrected chi connectivity index (χ4v) is 1.91. The van der Waals surface area contributed by atoms with Crippen LogP contribution in [0.25, 0.3) is 11.0 Å². The SMILES string of the molecule is COc1c(C(C)=NO)c(O)c(OC)c2occc12. The molecule has 2 rings (SSSR count). The van der Waals surface area contributed by atoms with E-state index in [1.165, 1.54) is 20.5 Å². The van der Waals surface area contributed by atoms with E-state index < -0.39 is 0 Å². The molecule has 1 heterocycles. The number of phenols is 1. The van der Waals surface area contributed by atoms with Gasteiger partial charge in [0.1, 0.15) is 5.75 Å².